The lowest BCUT2D eigenvalue weighted by Crippen LogP contribution is -2.42. The first-order chi connectivity index (χ1) is 9.78. The molecule has 0 spiro atoms. The minimum absolute atomic E-state index is 0.0584. The predicted octanol–water partition coefficient (Wildman–Crippen LogP) is 1.15. The summed E-state index contributed by atoms with van der Waals surface area (Å²) in [6.45, 7) is 2.97. The van der Waals surface area contributed by atoms with Gasteiger partial charge in [-0.1, -0.05) is 12.1 Å². The first-order valence-electron chi connectivity index (χ1n) is 7.62. The van der Waals surface area contributed by atoms with Gasteiger partial charge in [0.2, 0.25) is 0 Å². The van der Waals surface area contributed by atoms with E-state index in [4.69, 9.17) is 5.73 Å². The van der Waals surface area contributed by atoms with Gasteiger partial charge in [0.25, 0.3) is 5.91 Å². The number of hydrogen-bond acceptors (Lipinski definition) is 3. The van der Waals surface area contributed by atoms with Crippen molar-refractivity contribution in [3.63, 3.8) is 0 Å². The van der Waals surface area contributed by atoms with Crippen molar-refractivity contribution in [2.24, 2.45) is 5.73 Å². The van der Waals surface area contributed by atoms with Crippen molar-refractivity contribution in [1.29, 1.82) is 0 Å². The first kappa shape index (κ1) is 13.6. The van der Waals surface area contributed by atoms with Crippen LogP contribution in [0.2, 0.25) is 0 Å². The fraction of sp³-hybridized carbons (Fsp3) is 0.562. The quantitative estimate of drug-likeness (QED) is 0.865. The Balaban J connectivity index is 1.61. The van der Waals surface area contributed by atoms with Gasteiger partial charge in [0.05, 0.1) is 0 Å². The number of nitrogens with zero attached hydrogens (tertiary/aromatic N) is 1. The van der Waals surface area contributed by atoms with Crippen molar-refractivity contribution in [3.05, 3.63) is 35.4 Å². The van der Waals surface area contributed by atoms with Gasteiger partial charge < -0.3 is 11.1 Å². The predicted molar refractivity (Wildman–Crippen MR) is 79.7 cm³/mol. The van der Waals surface area contributed by atoms with Gasteiger partial charge in [-0.2, -0.15) is 0 Å². The van der Waals surface area contributed by atoms with E-state index in [2.05, 4.69) is 10.2 Å². The van der Waals surface area contributed by atoms with Gasteiger partial charge in [-0.05, 0) is 56.5 Å². The smallest absolute Gasteiger partial charge is 0.251 e. The zero-order valence-corrected chi connectivity index (χ0v) is 11.8. The number of rotatable bonds is 4. The lowest BCUT2D eigenvalue weighted by Gasteiger charge is -2.21. The molecule has 0 bridgehead atoms. The SMILES string of the molecule is NCCc1ccc(C(=O)NC2CCN3CCCC23)cc1. The molecule has 0 aliphatic carbocycles. The number of nitrogens with one attached hydrogen (secondary N) is 1. The van der Waals surface area contributed by atoms with Crippen molar-refractivity contribution in [1.82, 2.24) is 10.2 Å². The number of benzene rings is 1. The molecule has 2 fully saturated rings. The van der Waals surface area contributed by atoms with Gasteiger partial charge in [0.15, 0.2) is 0 Å². The summed E-state index contributed by atoms with van der Waals surface area (Å²) in [4.78, 5) is 14.8. The summed E-state index contributed by atoms with van der Waals surface area (Å²) in [5, 5.41) is 3.21. The van der Waals surface area contributed by atoms with Gasteiger partial charge in [0.1, 0.15) is 0 Å². The molecule has 4 heteroatoms. The van der Waals surface area contributed by atoms with Crippen LogP contribution >= 0.6 is 0 Å². The molecule has 0 saturated carbocycles. The monoisotopic (exact) mass is 273 g/mol. The number of fused-ring (bicyclic) bond motifs is 1. The summed E-state index contributed by atoms with van der Waals surface area (Å²) >= 11 is 0. The Bertz CT molecular complexity index is 471. The molecule has 1 amide bonds. The average Bonchev–Trinajstić information content (AvgIpc) is 3.05. The van der Waals surface area contributed by atoms with Crippen molar-refractivity contribution < 1.29 is 4.79 Å². The molecular weight excluding hydrogens is 250 g/mol. The van der Waals surface area contributed by atoms with Crippen LogP contribution in [-0.4, -0.2) is 42.5 Å². The van der Waals surface area contributed by atoms with Crippen LogP contribution < -0.4 is 11.1 Å². The largest absolute Gasteiger partial charge is 0.348 e. The highest BCUT2D eigenvalue weighted by Gasteiger charge is 2.37. The number of amides is 1. The van der Waals surface area contributed by atoms with Crippen LogP contribution in [0.15, 0.2) is 24.3 Å². The second kappa shape index (κ2) is 5.94. The van der Waals surface area contributed by atoms with E-state index in [1.807, 2.05) is 24.3 Å². The molecule has 3 rings (SSSR count). The van der Waals surface area contributed by atoms with E-state index in [9.17, 15) is 4.79 Å². The molecule has 108 valence electrons. The third-order valence-corrected chi connectivity index (χ3v) is 4.57. The number of hydrogen-bond donors (Lipinski definition) is 2. The standard InChI is InChI=1S/C16H23N3O/c17-9-7-12-3-5-13(6-4-12)16(20)18-14-8-11-19-10-1-2-15(14)19/h3-6,14-15H,1-2,7-11,17H2,(H,18,20). The van der Waals surface area contributed by atoms with Gasteiger partial charge >= 0.3 is 0 Å². The highest BCUT2D eigenvalue weighted by atomic mass is 16.1. The Morgan fingerprint density at radius 2 is 2.05 bits per heavy atom. The zero-order valence-electron chi connectivity index (χ0n) is 11.8. The van der Waals surface area contributed by atoms with Crippen molar-refractivity contribution in [2.45, 2.75) is 37.8 Å². The van der Waals surface area contributed by atoms with Crippen LogP contribution in [0.5, 0.6) is 0 Å². The fourth-order valence-electron chi connectivity index (χ4n) is 3.49. The van der Waals surface area contributed by atoms with Crippen LogP contribution in [0.3, 0.4) is 0 Å². The highest BCUT2D eigenvalue weighted by molar-refractivity contribution is 5.94. The van der Waals surface area contributed by atoms with Gasteiger partial charge in [-0.15, -0.1) is 0 Å². The summed E-state index contributed by atoms with van der Waals surface area (Å²) < 4.78 is 0. The van der Waals surface area contributed by atoms with Crippen LogP contribution in [-0.2, 0) is 6.42 Å². The number of nitrogens with two attached hydrogens (primary N) is 1. The van der Waals surface area contributed by atoms with Crippen molar-refractivity contribution in [3.8, 4) is 0 Å². The molecule has 2 unspecified atom stereocenters. The molecule has 4 nitrogen and oxygen atoms in total. The van der Waals surface area contributed by atoms with E-state index in [-0.39, 0.29) is 5.91 Å². The molecule has 2 atom stereocenters. The Hall–Kier alpha value is -1.39. The lowest BCUT2D eigenvalue weighted by atomic mass is 10.0. The molecule has 2 aliphatic rings. The van der Waals surface area contributed by atoms with Crippen molar-refractivity contribution in [2.75, 3.05) is 19.6 Å². The number of carbonyl (C=O) groups excluding carboxylic acids is 1. The Morgan fingerprint density at radius 1 is 1.25 bits per heavy atom. The Labute approximate surface area is 120 Å². The summed E-state index contributed by atoms with van der Waals surface area (Å²) in [5.74, 6) is 0.0584. The maximum atomic E-state index is 12.3. The van der Waals surface area contributed by atoms with Crippen LogP contribution in [0.25, 0.3) is 0 Å². The third kappa shape index (κ3) is 2.72. The number of carbonyl (C=O) groups is 1. The first-order valence-corrected chi connectivity index (χ1v) is 7.62. The van der Waals surface area contributed by atoms with Crippen LogP contribution in [0.4, 0.5) is 0 Å². The molecule has 0 aromatic heterocycles. The molecule has 1 aromatic carbocycles. The Kier molecular flexibility index (Phi) is 4.03. The molecule has 3 N–H and O–H groups in total. The highest BCUT2D eigenvalue weighted by Crippen LogP contribution is 2.28. The van der Waals surface area contributed by atoms with E-state index in [1.54, 1.807) is 0 Å². The zero-order chi connectivity index (χ0) is 13.9. The molecule has 2 saturated heterocycles. The molecular formula is C16H23N3O. The Morgan fingerprint density at radius 3 is 2.80 bits per heavy atom. The van der Waals surface area contributed by atoms with Gasteiger partial charge in [0, 0.05) is 24.2 Å². The van der Waals surface area contributed by atoms with E-state index in [1.165, 1.54) is 24.9 Å². The second-order valence-electron chi connectivity index (χ2n) is 5.85. The van der Waals surface area contributed by atoms with E-state index < -0.39 is 0 Å². The van der Waals surface area contributed by atoms with Crippen molar-refractivity contribution >= 4 is 5.91 Å². The minimum atomic E-state index is 0.0584. The minimum Gasteiger partial charge on any atom is -0.348 e. The molecule has 2 aliphatic heterocycles. The molecule has 2 heterocycles. The lowest BCUT2D eigenvalue weighted by molar-refractivity contribution is 0.0929. The van der Waals surface area contributed by atoms with Gasteiger partial charge in [-0.3, -0.25) is 9.69 Å². The summed E-state index contributed by atoms with van der Waals surface area (Å²) in [5.41, 5.74) is 7.47. The van der Waals surface area contributed by atoms with E-state index in [0.717, 1.165) is 24.9 Å². The maximum Gasteiger partial charge on any atom is 0.251 e. The van der Waals surface area contributed by atoms with Crippen LogP contribution in [0.1, 0.15) is 35.2 Å². The normalized spacial score (nSPS) is 25.6. The van der Waals surface area contributed by atoms with E-state index in [0.29, 0.717) is 18.6 Å². The fourth-order valence-corrected chi connectivity index (χ4v) is 3.49. The topological polar surface area (TPSA) is 58.4 Å². The van der Waals surface area contributed by atoms with Gasteiger partial charge in [-0.25, -0.2) is 0 Å². The summed E-state index contributed by atoms with van der Waals surface area (Å²) in [7, 11) is 0. The second-order valence-corrected chi connectivity index (χ2v) is 5.85. The van der Waals surface area contributed by atoms with Crippen LogP contribution in [0, 0.1) is 0 Å². The van der Waals surface area contributed by atoms with E-state index >= 15 is 0 Å². The summed E-state index contributed by atoms with van der Waals surface area (Å²) in [6.07, 6.45) is 4.44. The molecule has 0 radical (unpaired) electrons. The summed E-state index contributed by atoms with van der Waals surface area (Å²) in [6, 6.07) is 8.70. The molecule has 1 aromatic rings. The molecule has 20 heavy (non-hydrogen) atoms. The maximum absolute atomic E-state index is 12.3. The average molecular weight is 273 g/mol. The third-order valence-electron chi connectivity index (χ3n) is 4.57.